The molecule has 2 saturated heterocycles. The van der Waals surface area contributed by atoms with Crippen LogP contribution in [0.3, 0.4) is 0 Å². The minimum absolute atomic E-state index is 0.0129. The van der Waals surface area contributed by atoms with Crippen LogP contribution in [0.2, 0.25) is 0 Å². The van der Waals surface area contributed by atoms with Crippen molar-refractivity contribution in [2.24, 2.45) is 5.92 Å². The summed E-state index contributed by atoms with van der Waals surface area (Å²) in [7, 11) is 0. The number of rotatable bonds is 2. The first-order chi connectivity index (χ1) is 9.77. The average Bonchev–Trinajstić information content (AvgIpc) is 2.76. The van der Waals surface area contributed by atoms with Crippen LogP contribution in [0, 0.1) is 5.92 Å². The first-order valence-electron chi connectivity index (χ1n) is 7.40. The summed E-state index contributed by atoms with van der Waals surface area (Å²) in [6.07, 6.45) is 1.80. The van der Waals surface area contributed by atoms with E-state index in [9.17, 15) is 9.59 Å². The van der Waals surface area contributed by atoms with E-state index in [-0.39, 0.29) is 23.8 Å². The fourth-order valence-electron chi connectivity index (χ4n) is 2.81. The van der Waals surface area contributed by atoms with Gasteiger partial charge in [0.1, 0.15) is 0 Å². The number of hydrogen-bond donors (Lipinski definition) is 1. The molecular formula is C16H22N2O2. The molecule has 2 aliphatic heterocycles. The number of hydrogen-bond acceptors (Lipinski definition) is 3. The molecule has 4 heteroatoms. The number of nitrogens with one attached hydrogen (secondary N) is 1. The van der Waals surface area contributed by atoms with E-state index in [1.54, 1.807) is 0 Å². The molecule has 108 valence electrons. The van der Waals surface area contributed by atoms with Crippen LogP contribution in [0.25, 0.3) is 0 Å². The van der Waals surface area contributed by atoms with E-state index in [0.717, 1.165) is 24.9 Å². The lowest BCUT2D eigenvalue weighted by atomic mass is 9.93. The van der Waals surface area contributed by atoms with Crippen LogP contribution in [0.15, 0.2) is 30.3 Å². The van der Waals surface area contributed by atoms with Gasteiger partial charge in [-0.1, -0.05) is 44.2 Å². The van der Waals surface area contributed by atoms with Crippen molar-refractivity contribution in [2.45, 2.75) is 39.3 Å². The molecule has 3 rings (SSSR count). The maximum Gasteiger partial charge on any atom is 0.247 e. The highest BCUT2D eigenvalue weighted by molar-refractivity contribution is 6.07. The van der Waals surface area contributed by atoms with Crippen LogP contribution < -0.4 is 5.32 Å². The van der Waals surface area contributed by atoms with Gasteiger partial charge in [-0.05, 0) is 24.9 Å². The number of benzene rings is 1. The number of carbonyl (C=O) groups excluding carboxylic acids is 2. The van der Waals surface area contributed by atoms with E-state index < -0.39 is 0 Å². The molecule has 1 aromatic rings. The Morgan fingerprint density at radius 3 is 2.50 bits per heavy atom. The minimum Gasteiger partial charge on any atom is -0.305 e. The lowest BCUT2D eigenvalue weighted by Crippen LogP contribution is -2.44. The number of likely N-dealkylation sites (tertiary alicyclic amines) is 1. The van der Waals surface area contributed by atoms with Crippen molar-refractivity contribution in [3.8, 4) is 0 Å². The Balaban J connectivity index is 0.000000704. The van der Waals surface area contributed by atoms with Gasteiger partial charge >= 0.3 is 0 Å². The van der Waals surface area contributed by atoms with Gasteiger partial charge < -0.3 is 5.32 Å². The number of carbonyl (C=O) groups is 2. The molecule has 2 heterocycles. The number of amides is 2. The molecule has 1 N–H and O–H groups in total. The normalized spacial score (nSPS) is 25.0. The summed E-state index contributed by atoms with van der Waals surface area (Å²) < 4.78 is 0. The van der Waals surface area contributed by atoms with Gasteiger partial charge in [-0.15, -0.1) is 0 Å². The molecule has 0 unspecified atom stereocenters. The second-order valence-corrected chi connectivity index (χ2v) is 4.93. The SMILES string of the molecule is CC.O=C1[C@H]2NCCC[C@H]2C(=O)N1Cc1ccccc1. The molecule has 2 fully saturated rings. The van der Waals surface area contributed by atoms with Crippen molar-refractivity contribution in [1.29, 1.82) is 0 Å². The third kappa shape index (κ3) is 2.75. The van der Waals surface area contributed by atoms with Gasteiger partial charge in [0.15, 0.2) is 0 Å². The summed E-state index contributed by atoms with van der Waals surface area (Å²) in [5.41, 5.74) is 0.998. The third-order valence-corrected chi connectivity index (χ3v) is 3.76. The Bertz CT molecular complexity index is 449. The van der Waals surface area contributed by atoms with Crippen LogP contribution in [0.4, 0.5) is 0 Å². The molecule has 0 aromatic heterocycles. The minimum atomic E-state index is -0.282. The van der Waals surface area contributed by atoms with E-state index in [0.29, 0.717) is 6.54 Å². The van der Waals surface area contributed by atoms with Gasteiger partial charge in [-0.2, -0.15) is 0 Å². The fraction of sp³-hybridized carbons (Fsp3) is 0.500. The molecule has 20 heavy (non-hydrogen) atoms. The smallest absolute Gasteiger partial charge is 0.247 e. The standard InChI is InChI=1S/C14H16N2O2.C2H6/c17-13-11-7-4-8-15-12(11)14(18)16(13)9-10-5-2-1-3-6-10;1-2/h1-3,5-6,11-12,15H,4,7-9H2;1-2H3/t11-,12+;/m1./s1. The highest BCUT2D eigenvalue weighted by atomic mass is 16.2. The summed E-state index contributed by atoms with van der Waals surface area (Å²) >= 11 is 0. The summed E-state index contributed by atoms with van der Waals surface area (Å²) in [5, 5.41) is 3.16. The van der Waals surface area contributed by atoms with Crippen molar-refractivity contribution in [2.75, 3.05) is 6.54 Å². The van der Waals surface area contributed by atoms with Crippen molar-refractivity contribution in [3.63, 3.8) is 0 Å². The van der Waals surface area contributed by atoms with Crippen LogP contribution in [-0.4, -0.2) is 29.3 Å². The third-order valence-electron chi connectivity index (χ3n) is 3.76. The predicted octanol–water partition coefficient (Wildman–Crippen LogP) is 1.95. The zero-order valence-electron chi connectivity index (χ0n) is 12.1. The first-order valence-corrected chi connectivity index (χ1v) is 7.40. The van der Waals surface area contributed by atoms with Gasteiger partial charge in [0.25, 0.3) is 0 Å². The summed E-state index contributed by atoms with van der Waals surface area (Å²) in [4.78, 5) is 25.8. The number of imide groups is 1. The monoisotopic (exact) mass is 274 g/mol. The van der Waals surface area contributed by atoms with Crippen molar-refractivity contribution < 1.29 is 9.59 Å². The van der Waals surface area contributed by atoms with Crippen LogP contribution in [0.5, 0.6) is 0 Å². The molecule has 2 atom stereocenters. The number of piperidine rings is 1. The van der Waals surface area contributed by atoms with Gasteiger partial charge in [0.05, 0.1) is 18.5 Å². The molecule has 4 nitrogen and oxygen atoms in total. The van der Waals surface area contributed by atoms with Crippen LogP contribution in [-0.2, 0) is 16.1 Å². The van der Waals surface area contributed by atoms with Crippen LogP contribution >= 0.6 is 0 Å². The van der Waals surface area contributed by atoms with Crippen LogP contribution in [0.1, 0.15) is 32.3 Å². The van der Waals surface area contributed by atoms with Gasteiger partial charge in [-0.25, -0.2) is 0 Å². The van der Waals surface area contributed by atoms with E-state index in [2.05, 4.69) is 5.32 Å². The molecule has 2 aliphatic rings. The van der Waals surface area contributed by atoms with Crippen molar-refractivity contribution in [3.05, 3.63) is 35.9 Å². The molecule has 0 bridgehead atoms. The predicted molar refractivity (Wildman–Crippen MR) is 77.9 cm³/mol. The highest BCUT2D eigenvalue weighted by Gasteiger charge is 2.48. The average molecular weight is 274 g/mol. The second kappa shape index (κ2) is 6.66. The molecule has 0 saturated carbocycles. The van der Waals surface area contributed by atoms with Crippen molar-refractivity contribution >= 4 is 11.8 Å². The quantitative estimate of drug-likeness (QED) is 0.839. The first kappa shape index (κ1) is 14.7. The Labute approximate surface area is 120 Å². The van der Waals surface area contributed by atoms with E-state index in [1.807, 2.05) is 44.2 Å². The Kier molecular flexibility index (Phi) is 4.90. The lowest BCUT2D eigenvalue weighted by Gasteiger charge is -2.21. The molecular weight excluding hydrogens is 252 g/mol. The fourth-order valence-corrected chi connectivity index (χ4v) is 2.81. The van der Waals surface area contributed by atoms with E-state index >= 15 is 0 Å². The Hall–Kier alpha value is -1.68. The second-order valence-electron chi connectivity index (χ2n) is 4.93. The number of nitrogens with zero attached hydrogens (tertiary/aromatic N) is 1. The summed E-state index contributed by atoms with van der Waals surface area (Å²) in [6.45, 7) is 5.23. The van der Waals surface area contributed by atoms with Crippen molar-refractivity contribution in [1.82, 2.24) is 10.2 Å². The summed E-state index contributed by atoms with van der Waals surface area (Å²) in [6, 6.07) is 9.37. The maximum atomic E-state index is 12.2. The van der Waals surface area contributed by atoms with E-state index in [1.165, 1.54) is 4.90 Å². The largest absolute Gasteiger partial charge is 0.305 e. The molecule has 1 aromatic carbocycles. The van der Waals surface area contributed by atoms with Gasteiger partial charge in [0, 0.05) is 0 Å². The lowest BCUT2D eigenvalue weighted by molar-refractivity contribution is -0.140. The number of fused-ring (bicyclic) bond motifs is 1. The topological polar surface area (TPSA) is 49.4 Å². The molecule has 2 amide bonds. The summed E-state index contributed by atoms with van der Waals surface area (Å²) in [5.74, 6) is -0.218. The Morgan fingerprint density at radius 2 is 1.85 bits per heavy atom. The maximum absolute atomic E-state index is 12.2. The molecule has 0 aliphatic carbocycles. The molecule has 0 radical (unpaired) electrons. The highest BCUT2D eigenvalue weighted by Crippen LogP contribution is 2.28. The van der Waals surface area contributed by atoms with E-state index in [4.69, 9.17) is 0 Å². The van der Waals surface area contributed by atoms with Gasteiger partial charge in [-0.3, -0.25) is 14.5 Å². The Morgan fingerprint density at radius 1 is 1.15 bits per heavy atom. The molecule has 0 spiro atoms. The zero-order chi connectivity index (χ0) is 14.5. The zero-order valence-corrected chi connectivity index (χ0v) is 12.1. The van der Waals surface area contributed by atoms with Gasteiger partial charge in [0.2, 0.25) is 11.8 Å².